The van der Waals surface area contributed by atoms with E-state index in [2.05, 4.69) is 0 Å². The van der Waals surface area contributed by atoms with Crippen molar-refractivity contribution in [2.75, 3.05) is 6.54 Å². The molecule has 1 fully saturated rings. The van der Waals surface area contributed by atoms with Crippen LogP contribution in [0.3, 0.4) is 0 Å². The monoisotopic (exact) mass is 170 g/mol. The maximum Gasteiger partial charge on any atom is 0.229 e. The molecule has 0 spiro atoms. The zero-order chi connectivity index (χ0) is 9.14. The molecule has 1 rings (SSSR count). The number of amides is 2. The highest BCUT2D eigenvalue weighted by atomic mass is 16.2. The average molecular weight is 170 g/mol. The third-order valence-electron chi connectivity index (χ3n) is 2.10. The molecule has 12 heavy (non-hydrogen) atoms. The number of carbonyl (C=O) groups excluding carboxylic acids is 2. The zero-order valence-corrected chi connectivity index (χ0v) is 7.25. The van der Waals surface area contributed by atoms with Crippen LogP contribution < -0.4 is 5.73 Å². The van der Waals surface area contributed by atoms with Crippen molar-refractivity contribution >= 4 is 11.8 Å². The van der Waals surface area contributed by atoms with E-state index >= 15 is 0 Å². The van der Waals surface area contributed by atoms with Crippen LogP contribution in [-0.2, 0) is 9.59 Å². The first-order chi connectivity index (χ1) is 5.65. The molecule has 0 aromatic carbocycles. The van der Waals surface area contributed by atoms with Crippen molar-refractivity contribution in [3.63, 3.8) is 0 Å². The Balaban J connectivity index is 2.50. The van der Waals surface area contributed by atoms with Gasteiger partial charge in [0, 0.05) is 25.4 Å². The molecule has 1 aliphatic heterocycles. The van der Waals surface area contributed by atoms with Gasteiger partial charge in [0.1, 0.15) is 0 Å². The molecule has 4 heteroatoms. The maximum absolute atomic E-state index is 11.1. The number of nitrogens with two attached hydrogens (primary N) is 1. The zero-order valence-electron chi connectivity index (χ0n) is 7.25. The van der Waals surface area contributed by atoms with Gasteiger partial charge in [-0.2, -0.15) is 0 Å². The molecule has 1 aliphatic rings. The predicted octanol–water partition coefficient (Wildman–Crippen LogP) is -0.127. The fourth-order valence-corrected chi connectivity index (χ4v) is 1.19. The molecule has 0 aromatic heterocycles. The van der Waals surface area contributed by atoms with Crippen molar-refractivity contribution in [2.45, 2.75) is 32.2 Å². The summed E-state index contributed by atoms with van der Waals surface area (Å²) in [6.07, 6.45) is 1.50. The average Bonchev–Trinajstić information content (AvgIpc) is 2.35. The Hall–Kier alpha value is -0.900. The second-order valence-electron chi connectivity index (χ2n) is 3.07. The first kappa shape index (κ1) is 9.19. The second kappa shape index (κ2) is 3.67. The van der Waals surface area contributed by atoms with Crippen LogP contribution in [0.25, 0.3) is 0 Å². The summed E-state index contributed by atoms with van der Waals surface area (Å²) in [6.45, 7) is 2.32. The van der Waals surface area contributed by atoms with Crippen LogP contribution in [0.2, 0.25) is 0 Å². The summed E-state index contributed by atoms with van der Waals surface area (Å²) in [7, 11) is 0. The standard InChI is InChI=1S/C8H14N2O2/c1-2-6(9)5-10-7(11)3-4-8(10)12/h6H,2-5,9H2,1H3. The molecule has 0 aromatic rings. The Morgan fingerprint density at radius 2 is 1.92 bits per heavy atom. The molecule has 0 aliphatic carbocycles. The Bertz CT molecular complexity index is 187. The molecule has 1 atom stereocenters. The molecule has 0 bridgehead atoms. The lowest BCUT2D eigenvalue weighted by atomic mass is 10.2. The van der Waals surface area contributed by atoms with Crippen molar-refractivity contribution < 1.29 is 9.59 Å². The van der Waals surface area contributed by atoms with Gasteiger partial charge in [-0.3, -0.25) is 14.5 Å². The summed E-state index contributed by atoms with van der Waals surface area (Å²) in [5, 5.41) is 0. The normalized spacial score (nSPS) is 20.3. The predicted molar refractivity (Wildman–Crippen MR) is 44.2 cm³/mol. The summed E-state index contributed by atoms with van der Waals surface area (Å²) < 4.78 is 0. The van der Waals surface area contributed by atoms with E-state index in [1.807, 2.05) is 6.92 Å². The smallest absolute Gasteiger partial charge is 0.229 e. The van der Waals surface area contributed by atoms with E-state index < -0.39 is 0 Å². The molecule has 0 saturated carbocycles. The van der Waals surface area contributed by atoms with Gasteiger partial charge in [-0.15, -0.1) is 0 Å². The minimum Gasteiger partial charge on any atom is -0.326 e. The van der Waals surface area contributed by atoms with Crippen LogP contribution in [0.15, 0.2) is 0 Å². The molecule has 0 radical (unpaired) electrons. The minimum atomic E-state index is -0.0797. The fraction of sp³-hybridized carbons (Fsp3) is 0.750. The number of hydrogen-bond donors (Lipinski definition) is 1. The summed E-state index contributed by atoms with van der Waals surface area (Å²) >= 11 is 0. The number of hydrogen-bond acceptors (Lipinski definition) is 3. The number of carbonyl (C=O) groups is 2. The van der Waals surface area contributed by atoms with Gasteiger partial charge < -0.3 is 5.73 Å². The molecular weight excluding hydrogens is 156 g/mol. The van der Waals surface area contributed by atoms with Gasteiger partial charge in [-0.05, 0) is 6.42 Å². The van der Waals surface area contributed by atoms with E-state index in [1.54, 1.807) is 0 Å². The van der Waals surface area contributed by atoms with Crippen LogP contribution in [0.5, 0.6) is 0 Å². The summed E-state index contributed by atoms with van der Waals surface area (Å²) in [4.78, 5) is 23.4. The van der Waals surface area contributed by atoms with E-state index in [9.17, 15) is 9.59 Å². The first-order valence-corrected chi connectivity index (χ1v) is 4.24. The molecule has 68 valence electrons. The SMILES string of the molecule is CCC(N)CN1C(=O)CCC1=O. The Kier molecular flexibility index (Phi) is 2.81. The van der Waals surface area contributed by atoms with Gasteiger partial charge in [0.15, 0.2) is 0 Å². The van der Waals surface area contributed by atoms with Gasteiger partial charge in [0.25, 0.3) is 0 Å². The Morgan fingerprint density at radius 1 is 1.42 bits per heavy atom. The van der Waals surface area contributed by atoms with Crippen LogP contribution >= 0.6 is 0 Å². The third kappa shape index (κ3) is 1.82. The molecule has 1 saturated heterocycles. The van der Waals surface area contributed by atoms with Crippen LogP contribution in [0.4, 0.5) is 0 Å². The number of likely N-dealkylation sites (tertiary alicyclic amines) is 1. The van der Waals surface area contributed by atoms with Crippen molar-refractivity contribution in [2.24, 2.45) is 5.73 Å². The second-order valence-corrected chi connectivity index (χ2v) is 3.07. The van der Waals surface area contributed by atoms with Gasteiger partial charge in [-0.1, -0.05) is 6.92 Å². The quantitative estimate of drug-likeness (QED) is 0.600. The minimum absolute atomic E-state index is 0.0731. The lowest BCUT2D eigenvalue weighted by Gasteiger charge is -2.17. The van der Waals surface area contributed by atoms with Gasteiger partial charge in [-0.25, -0.2) is 0 Å². The van der Waals surface area contributed by atoms with Crippen LogP contribution in [-0.4, -0.2) is 29.3 Å². The summed E-state index contributed by atoms with van der Waals surface area (Å²) in [6, 6.07) is -0.0731. The molecule has 2 amide bonds. The highest BCUT2D eigenvalue weighted by molar-refractivity contribution is 6.01. The topological polar surface area (TPSA) is 63.4 Å². The van der Waals surface area contributed by atoms with Crippen molar-refractivity contribution in [1.29, 1.82) is 0 Å². The van der Waals surface area contributed by atoms with E-state index in [-0.39, 0.29) is 17.9 Å². The van der Waals surface area contributed by atoms with Crippen molar-refractivity contribution in [1.82, 2.24) is 4.90 Å². The lowest BCUT2D eigenvalue weighted by molar-refractivity contribution is -0.138. The van der Waals surface area contributed by atoms with E-state index in [1.165, 1.54) is 4.90 Å². The summed E-state index contributed by atoms with van der Waals surface area (Å²) in [5.74, 6) is -0.159. The van der Waals surface area contributed by atoms with E-state index in [0.29, 0.717) is 19.4 Å². The van der Waals surface area contributed by atoms with Gasteiger partial charge in [0.05, 0.1) is 0 Å². The maximum atomic E-state index is 11.1. The van der Waals surface area contributed by atoms with Gasteiger partial charge in [0.2, 0.25) is 11.8 Å². The highest BCUT2D eigenvalue weighted by Crippen LogP contribution is 2.11. The number of imide groups is 1. The van der Waals surface area contributed by atoms with E-state index in [4.69, 9.17) is 5.73 Å². The molecule has 1 heterocycles. The first-order valence-electron chi connectivity index (χ1n) is 4.24. The molecule has 1 unspecified atom stereocenters. The third-order valence-corrected chi connectivity index (χ3v) is 2.10. The van der Waals surface area contributed by atoms with Crippen molar-refractivity contribution in [3.05, 3.63) is 0 Å². The molecule has 4 nitrogen and oxygen atoms in total. The van der Waals surface area contributed by atoms with Crippen LogP contribution in [0.1, 0.15) is 26.2 Å². The lowest BCUT2D eigenvalue weighted by Crippen LogP contribution is -2.40. The fourth-order valence-electron chi connectivity index (χ4n) is 1.19. The largest absolute Gasteiger partial charge is 0.326 e. The van der Waals surface area contributed by atoms with Crippen molar-refractivity contribution in [3.8, 4) is 0 Å². The summed E-state index contributed by atoms with van der Waals surface area (Å²) in [5.41, 5.74) is 5.63. The Morgan fingerprint density at radius 3 is 2.33 bits per heavy atom. The number of nitrogens with zero attached hydrogens (tertiary/aromatic N) is 1. The number of rotatable bonds is 3. The van der Waals surface area contributed by atoms with Gasteiger partial charge >= 0.3 is 0 Å². The van der Waals surface area contributed by atoms with E-state index in [0.717, 1.165) is 6.42 Å². The highest BCUT2D eigenvalue weighted by Gasteiger charge is 2.29. The molecule has 2 N–H and O–H groups in total. The Labute approximate surface area is 71.7 Å². The molecular formula is C8H14N2O2. The van der Waals surface area contributed by atoms with Crippen LogP contribution in [0, 0.1) is 0 Å².